The highest BCUT2D eigenvalue weighted by Gasteiger charge is 2.23. The number of nitrogens with zero attached hydrogens (tertiary/aromatic N) is 2. The van der Waals surface area contributed by atoms with E-state index in [9.17, 15) is 0 Å². The first kappa shape index (κ1) is 10.5. The van der Waals surface area contributed by atoms with Gasteiger partial charge in [0, 0.05) is 25.0 Å². The number of ether oxygens (including phenoxy) is 1. The molecule has 0 amide bonds. The summed E-state index contributed by atoms with van der Waals surface area (Å²) in [6.45, 7) is 6.03. The standard InChI is InChI=1S/C11H19N3O/c1-8-7-11(12)13-14(8)9(2)10-3-5-15-6-4-10/h7,9-10H,3-6H2,1-2H3,(H2,12,13). The maximum atomic E-state index is 5.69. The Morgan fingerprint density at radius 2 is 2.20 bits per heavy atom. The molecule has 1 fully saturated rings. The summed E-state index contributed by atoms with van der Waals surface area (Å²) >= 11 is 0. The van der Waals surface area contributed by atoms with E-state index in [0.29, 0.717) is 17.8 Å². The van der Waals surface area contributed by atoms with Crippen LogP contribution in [0.15, 0.2) is 6.07 Å². The lowest BCUT2D eigenvalue weighted by Crippen LogP contribution is -2.25. The molecular weight excluding hydrogens is 190 g/mol. The molecule has 1 saturated heterocycles. The SMILES string of the molecule is Cc1cc(N)nn1C(C)C1CCOCC1. The van der Waals surface area contributed by atoms with Crippen LogP contribution in [0, 0.1) is 12.8 Å². The second kappa shape index (κ2) is 4.23. The van der Waals surface area contributed by atoms with Crippen LogP contribution in [0.4, 0.5) is 5.82 Å². The lowest BCUT2D eigenvalue weighted by molar-refractivity contribution is 0.0493. The van der Waals surface area contributed by atoms with E-state index in [1.165, 1.54) is 0 Å². The highest BCUT2D eigenvalue weighted by atomic mass is 16.5. The fourth-order valence-corrected chi connectivity index (χ4v) is 2.32. The van der Waals surface area contributed by atoms with Gasteiger partial charge in [0.15, 0.2) is 0 Å². The lowest BCUT2D eigenvalue weighted by atomic mass is 9.93. The largest absolute Gasteiger partial charge is 0.382 e. The van der Waals surface area contributed by atoms with Gasteiger partial charge in [0.2, 0.25) is 0 Å². The summed E-state index contributed by atoms with van der Waals surface area (Å²) in [5.74, 6) is 1.28. The Kier molecular flexibility index (Phi) is 2.95. The molecule has 15 heavy (non-hydrogen) atoms. The first-order valence-corrected chi connectivity index (χ1v) is 5.58. The average molecular weight is 209 g/mol. The van der Waals surface area contributed by atoms with Crippen molar-refractivity contribution in [2.24, 2.45) is 5.92 Å². The van der Waals surface area contributed by atoms with Gasteiger partial charge in [-0.3, -0.25) is 4.68 Å². The van der Waals surface area contributed by atoms with E-state index in [1.54, 1.807) is 0 Å². The summed E-state index contributed by atoms with van der Waals surface area (Å²) in [6.07, 6.45) is 2.25. The van der Waals surface area contributed by atoms with Crippen molar-refractivity contribution in [2.45, 2.75) is 32.7 Å². The molecule has 2 rings (SSSR count). The first-order valence-electron chi connectivity index (χ1n) is 5.58. The summed E-state index contributed by atoms with van der Waals surface area (Å²) in [5, 5.41) is 4.34. The molecule has 1 aromatic rings. The van der Waals surface area contributed by atoms with Crippen LogP contribution < -0.4 is 5.73 Å². The molecule has 1 aromatic heterocycles. The molecule has 84 valence electrons. The summed E-state index contributed by atoms with van der Waals surface area (Å²) in [5.41, 5.74) is 6.84. The smallest absolute Gasteiger partial charge is 0.145 e. The van der Waals surface area contributed by atoms with Crippen LogP contribution in [0.5, 0.6) is 0 Å². The molecule has 0 radical (unpaired) electrons. The fraction of sp³-hybridized carbons (Fsp3) is 0.727. The van der Waals surface area contributed by atoms with Gasteiger partial charge >= 0.3 is 0 Å². The molecule has 0 aliphatic carbocycles. The Morgan fingerprint density at radius 3 is 2.73 bits per heavy atom. The van der Waals surface area contributed by atoms with Crippen molar-refractivity contribution < 1.29 is 4.74 Å². The molecule has 4 heteroatoms. The number of aryl methyl sites for hydroxylation is 1. The number of nitrogens with two attached hydrogens (primary N) is 1. The molecule has 0 spiro atoms. The van der Waals surface area contributed by atoms with Crippen molar-refractivity contribution in [3.63, 3.8) is 0 Å². The second-order valence-electron chi connectivity index (χ2n) is 4.35. The van der Waals surface area contributed by atoms with Crippen molar-refractivity contribution in [3.8, 4) is 0 Å². The van der Waals surface area contributed by atoms with Gasteiger partial charge < -0.3 is 10.5 Å². The minimum atomic E-state index is 0.422. The predicted molar refractivity (Wildman–Crippen MR) is 59.6 cm³/mol. The van der Waals surface area contributed by atoms with Crippen molar-refractivity contribution in [1.82, 2.24) is 9.78 Å². The van der Waals surface area contributed by atoms with E-state index in [0.717, 1.165) is 31.7 Å². The summed E-state index contributed by atoms with van der Waals surface area (Å²) < 4.78 is 7.41. The third-order valence-electron chi connectivity index (χ3n) is 3.28. The number of rotatable bonds is 2. The molecule has 1 aliphatic heterocycles. The molecule has 0 saturated carbocycles. The van der Waals surface area contributed by atoms with E-state index >= 15 is 0 Å². The quantitative estimate of drug-likeness (QED) is 0.807. The van der Waals surface area contributed by atoms with Crippen molar-refractivity contribution in [3.05, 3.63) is 11.8 Å². The molecule has 0 bridgehead atoms. The third-order valence-corrected chi connectivity index (χ3v) is 3.28. The molecule has 1 aliphatic rings. The van der Waals surface area contributed by atoms with Gasteiger partial charge in [-0.1, -0.05) is 0 Å². The Hall–Kier alpha value is -1.03. The van der Waals surface area contributed by atoms with E-state index in [4.69, 9.17) is 10.5 Å². The molecule has 2 N–H and O–H groups in total. The highest BCUT2D eigenvalue weighted by molar-refractivity contribution is 5.29. The van der Waals surface area contributed by atoms with Crippen molar-refractivity contribution in [1.29, 1.82) is 0 Å². The highest BCUT2D eigenvalue weighted by Crippen LogP contribution is 2.28. The molecular formula is C11H19N3O. The molecule has 4 nitrogen and oxygen atoms in total. The zero-order valence-electron chi connectivity index (χ0n) is 9.44. The van der Waals surface area contributed by atoms with Gasteiger partial charge in [0.1, 0.15) is 5.82 Å². The normalized spacial score (nSPS) is 20.4. The van der Waals surface area contributed by atoms with Gasteiger partial charge in [-0.15, -0.1) is 0 Å². The zero-order valence-corrected chi connectivity index (χ0v) is 9.44. The Labute approximate surface area is 90.4 Å². The van der Waals surface area contributed by atoms with Gasteiger partial charge in [-0.2, -0.15) is 5.10 Å². The predicted octanol–water partition coefficient (Wildman–Crippen LogP) is 1.76. The number of nitrogen functional groups attached to an aromatic ring is 1. The van der Waals surface area contributed by atoms with Crippen LogP contribution in [-0.2, 0) is 4.74 Å². The lowest BCUT2D eigenvalue weighted by Gasteiger charge is -2.28. The van der Waals surface area contributed by atoms with Gasteiger partial charge in [-0.05, 0) is 32.6 Å². The van der Waals surface area contributed by atoms with Gasteiger partial charge in [0.05, 0.1) is 6.04 Å². The minimum absolute atomic E-state index is 0.422. The number of hydrogen-bond acceptors (Lipinski definition) is 3. The number of aromatic nitrogens is 2. The van der Waals surface area contributed by atoms with Crippen LogP contribution in [0.2, 0.25) is 0 Å². The van der Waals surface area contributed by atoms with Gasteiger partial charge in [0.25, 0.3) is 0 Å². The van der Waals surface area contributed by atoms with Crippen LogP contribution >= 0.6 is 0 Å². The first-order chi connectivity index (χ1) is 7.18. The summed E-state index contributed by atoms with van der Waals surface area (Å²) in [6, 6.07) is 2.35. The maximum Gasteiger partial charge on any atom is 0.145 e. The fourth-order valence-electron chi connectivity index (χ4n) is 2.32. The van der Waals surface area contributed by atoms with Crippen molar-refractivity contribution in [2.75, 3.05) is 18.9 Å². The topological polar surface area (TPSA) is 53.1 Å². The maximum absolute atomic E-state index is 5.69. The summed E-state index contributed by atoms with van der Waals surface area (Å²) in [4.78, 5) is 0. The number of anilines is 1. The third kappa shape index (κ3) is 2.15. The van der Waals surface area contributed by atoms with E-state index in [1.807, 2.05) is 10.7 Å². The molecule has 0 aromatic carbocycles. The Bertz CT molecular complexity index is 329. The molecule has 1 atom stereocenters. The van der Waals surface area contributed by atoms with Crippen LogP contribution in [0.25, 0.3) is 0 Å². The molecule has 1 unspecified atom stereocenters. The Balaban J connectivity index is 2.12. The Morgan fingerprint density at radius 1 is 1.53 bits per heavy atom. The van der Waals surface area contributed by atoms with Crippen LogP contribution in [-0.4, -0.2) is 23.0 Å². The van der Waals surface area contributed by atoms with Crippen LogP contribution in [0.3, 0.4) is 0 Å². The van der Waals surface area contributed by atoms with Crippen LogP contribution in [0.1, 0.15) is 31.5 Å². The average Bonchev–Trinajstić information content (AvgIpc) is 2.58. The van der Waals surface area contributed by atoms with E-state index in [-0.39, 0.29) is 0 Å². The van der Waals surface area contributed by atoms with E-state index in [2.05, 4.69) is 18.9 Å². The van der Waals surface area contributed by atoms with Gasteiger partial charge in [-0.25, -0.2) is 0 Å². The van der Waals surface area contributed by atoms with Crippen molar-refractivity contribution >= 4 is 5.82 Å². The monoisotopic (exact) mass is 209 g/mol. The minimum Gasteiger partial charge on any atom is -0.382 e. The zero-order chi connectivity index (χ0) is 10.8. The second-order valence-corrected chi connectivity index (χ2v) is 4.35. The number of hydrogen-bond donors (Lipinski definition) is 1. The summed E-state index contributed by atoms with van der Waals surface area (Å²) in [7, 11) is 0. The van der Waals surface area contributed by atoms with E-state index < -0.39 is 0 Å². The molecule has 2 heterocycles.